The van der Waals surface area contributed by atoms with E-state index in [1.807, 2.05) is 0 Å². The molecule has 1 heterocycles. The predicted octanol–water partition coefficient (Wildman–Crippen LogP) is 2.81. The molecule has 1 aromatic carbocycles. The molecule has 9 heteroatoms. The standard InChI is InChI=1S/C13H10Cl2N4O3/c14-10-2-1-7(3-11(10)15)5-18-13(20)9-4-8(19(21)22)6-17-12(9)16/h1-4,6H,5H2,(H2,16,17)(H,18,20). The van der Waals surface area contributed by atoms with Crippen LogP contribution in [-0.2, 0) is 6.54 Å². The Labute approximate surface area is 135 Å². The van der Waals surface area contributed by atoms with E-state index in [-0.39, 0.29) is 23.6 Å². The molecule has 0 atom stereocenters. The number of carbonyl (C=O) groups is 1. The van der Waals surface area contributed by atoms with E-state index < -0.39 is 10.8 Å². The molecule has 2 rings (SSSR count). The van der Waals surface area contributed by atoms with E-state index in [4.69, 9.17) is 28.9 Å². The van der Waals surface area contributed by atoms with Crippen molar-refractivity contribution >= 4 is 40.6 Å². The number of nitrogens with zero attached hydrogens (tertiary/aromatic N) is 2. The van der Waals surface area contributed by atoms with Crippen molar-refractivity contribution in [3.63, 3.8) is 0 Å². The van der Waals surface area contributed by atoms with Gasteiger partial charge in [0.05, 0.1) is 20.5 Å². The third-order valence-electron chi connectivity index (χ3n) is 2.80. The molecule has 22 heavy (non-hydrogen) atoms. The quantitative estimate of drug-likeness (QED) is 0.656. The summed E-state index contributed by atoms with van der Waals surface area (Å²) in [5.41, 5.74) is 5.92. The monoisotopic (exact) mass is 340 g/mol. The second-order valence-corrected chi connectivity index (χ2v) is 5.13. The van der Waals surface area contributed by atoms with Gasteiger partial charge in [0.2, 0.25) is 0 Å². The van der Waals surface area contributed by atoms with Gasteiger partial charge in [0, 0.05) is 12.6 Å². The number of aromatic nitrogens is 1. The van der Waals surface area contributed by atoms with E-state index in [2.05, 4.69) is 10.3 Å². The molecule has 7 nitrogen and oxygen atoms in total. The van der Waals surface area contributed by atoms with Gasteiger partial charge in [0.1, 0.15) is 12.0 Å². The summed E-state index contributed by atoms with van der Waals surface area (Å²) in [7, 11) is 0. The van der Waals surface area contributed by atoms with Gasteiger partial charge < -0.3 is 11.1 Å². The van der Waals surface area contributed by atoms with E-state index >= 15 is 0 Å². The largest absolute Gasteiger partial charge is 0.383 e. The van der Waals surface area contributed by atoms with Gasteiger partial charge in [0.25, 0.3) is 11.6 Å². The van der Waals surface area contributed by atoms with Crippen molar-refractivity contribution in [1.29, 1.82) is 0 Å². The predicted molar refractivity (Wildman–Crippen MR) is 82.9 cm³/mol. The van der Waals surface area contributed by atoms with Crippen molar-refractivity contribution in [2.45, 2.75) is 6.54 Å². The Balaban J connectivity index is 2.13. The van der Waals surface area contributed by atoms with Gasteiger partial charge in [-0.1, -0.05) is 29.3 Å². The average molecular weight is 341 g/mol. The summed E-state index contributed by atoms with van der Waals surface area (Å²) in [6.45, 7) is 0.165. The topological polar surface area (TPSA) is 111 Å². The molecule has 0 bridgehead atoms. The minimum absolute atomic E-state index is 0.0609. The Hall–Kier alpha value is -2.38. The van der Waals surface area contributed by atoms with Gasteiger partial charge >= 0.3 is 0 Å². The molecule has 2 aromatic rings. The highest BCUT2D eigenvalue weighted by atomic mass is 35.5. The zero-order valence-corrected chi connectivity index (χ0v) is 12.6. The maximum Gasteiger partial charge on any atom is 0.288 e. The Kier molecular flexibility index (Phi) is 4.79. The van der Waals surface area contributed by atoms with Gasteiger partial charge in [-0.3, -0.25) is 14.9 Å². The molecule has 3 N–H and O–H groups in total. The van der Waals surface area contributed by atoms with E-state index in [1.165, 1.54) is 0 Å². The summed E-state index contributed by atoms with van der Waals surface area (Å²) in [6.07, 6.45) is 0.991. The third kappa shape index (κ3) is 3.63. The third-order valence-corrected chi connectivity index (χ3v) is 3.54. The van der Waals surface area contributed by atoms with Crippen molar-refractivity contribution in [3.05, 3.63) is 61.7 Å². The van der Waals surface area contributed by atoms with Crippen molar-refractivity contribution in [1.82, 2.24) is 10.3 Å². The van der Waals surface area contributed by atoms with Gasteiger partial charge in [-0.15, -0.1) is 0 Å². The molecular formula is C13H10Cl2N4O3. The molecule has 1 amide bonds. The number of nitrogens with one attached hydrogen (secondary N) is 1. The summed E-state index contributed by atoms with van der Waals surface area (Å²) >= 11 is 11.7. The molecule has 0 radical (unpaired) electrons. The van der Waals surface area contributed by atoms with Crippen molar-refractivity contribution in [3.8, 4) is 0 Å². The molecule has 1 aromatic heterocycles. The van der Waals surface area contributed by atoms with Crippen LogP contribution in [0.1, 0.15) is 15.9 Å². The number of amides is 1. The van der Waals surface area contributed by atoms with Crippen LogP contribution >= 0.6 is 23.2 Å². The fraction of sp³-hybridized carbons (Fsp3) is 0.0769. The van der Waals surface area contributed by atoms with Gasteiger partial charge in [-0.25, -0.2) is 4.98 Å². The van der Waals surface area contributed by atoms with Crippen LogP contribution in [0.5, 0.6) is 0 Å². The molecule has 0 saturated carbocycles. The summed E-state index contributed by atoms with van der Waals surface area (Å²) in [6, 6.07) is 5.99. The normalized spacial score (nSPS) is 10.3. The number of hydrogen-bond acceptors (Lipinski definition) is 5. The molecule has 0 unspecified atom stereocenters. The minimum atomic E-state index is -0.651. The maximum absolute atomic E-state index is 12.1. The molecule has 0 aliphatic carbocycles. The number of pyridine rings is 1. The lowest BCUT2D eigenvalue weighted by Gasteiger charge is -2.07. The van der Waals surface area contributed by atoms with Gasteiger partial charge in [-0.2, -0.15) is 0 Å². The van der Waals surface area contributed by atoms with Crippen LogP contribution in [0.2, 0.25) is 10.0 Å². The summed E-state index contributed by atoms with van der Waals surface area (Å²) in [5.74, 6) is -0.656. The fourth-order valence-electron chi connectivity index (χ4n) is 1.67. The second kappa shape index (κ2) is 6.59. The Bertz CT molecular complexity index is 752. The molecule has 114 valence electrons. The fourth-order valence-corrected chi connectivity index (χ4v) is 1.99. The summed E-state index contributed by atoms with van der Waals surface area (Å²) in [4.78, 5) is 25.7. The molecule has 0 saturated heterocycles. The number of halogens is 2. The zero-order valence-electron chi connectivity index (χ0n) is 11.0. The second-order valence-electron chi connectivity index (χ2n) is 4.31. The molecule has 0 spiro atoms. The van der Waals surface area contributed by atoms with Crippen LogP contribution in [0, 0.1) is 10.1 Å². The Morgan fingerprint density at radius 3 is 2.68 bits per heavy atom. The number of rotatable bonds is 4. The maximum atomic E-state index is 12.1. The first-order chi connectivity index (χ1) is 10.4. The van der Waals surface area contributed by atoms with Crippen molar-refractivity contribution in [2.75, 3.05) is 5.73 Å². The molecular weight excluding hydrogens is 331 g/mol. The highest BCUT2D eigenvalue weighted by molar-refractivity contribution is 6.42. The van der Waals surface area contributed by atoms with E-state index in [9.17, 15) is 14.9 Å². The molecule has 0 fully saturated rings. The van der Waals surface area contributed by atoms with Crippen LogP contribution < -0.4 is 11.1 Å². The van der Waals surface area contributed by atoms with Crippen LogP contribution in [0.4, 0.5) is 11.5 Å². The number of anilines is 1. The number of nitrogen functional groups attached to an aromatic ring is 1. The van der Waals surface area contributed by atoms with E-state index in [0.29, 0.717) is 10.0 Å². The number of nitro groups is 1. The smallest absolute Gasteiger partial charge is 0.288 e. The molecule has 0 aliphatic rings. The van der Waals surface area contributed by atoms with E-state index in [1.54, 1.807) is 18.2 Å². The minimum Gasteiger partial charge on any atom is -0.383 e. The first kappa shape index (κ1) is 16.0. The van der Waals surface area contributed by atoms with E-state index in [0.717, 1.165) is 17.8 Å². The van der Waals surface area contributed by atoms with Crippen LogP contribution in [0.3, 0.4) is 0 Å². The lowest BCUT2D eigenvalue weighted by Crippen LogP contribution is -2.24. The van der Waals surface area contributed by atoms with Gasteiger partial charge in [0.15, 0.2) is 0 Å². The molecule has 0 aliphatic heterocycles. The first-order valence-electron chi connectivity index (χ1n) is 6.00. The number of benzene rings is 1. The average Bonchev–Trinajstić information content (AvgIpc) is 2.48. The van der Waals surface area contributed by atoms with Crippen molar-refractivity contribution < 1.29 is 9.72 Å². The zero-order chi connectivity index (χ0) is 16.3. The highest BCUT2D eigenvalue weighted by Gasteiger charge is 2.16. The highest BCUT2D eigenvalue weighted by Crippen LogP contribution is 2.22. The first-order valence-corrected chi connectivity index (χ1v) is 6.76. The summed E-state index contributed by atoms with van der Waals surface area (Å²) in [5, 5.41) is 14.1. The van der Waals surface area contributed by atoms with Gasteiger partial charge in [-0.05, 0) is 17.7 Å². The van der Waals surface area contributed by atoms with Crippen LogP contribution in [0.25, 0.3) is 0 Å². The number of carbonyl (C=O) groups excluding carboxylic acids is 1. The Morgan fingerprint density at radius 1 is 1.32 bits per heavy atom. The summed E-state index contributed by atoms with van der Waals surface area (Å²) < 4.78 is 0. The number of hydrogen-bond donors (Lipinski definition) is 2. The Morgan fingerprint density at radius 2 is 2.05 bits per heavy atom. The van der Waals surface area contributed by atoms with Crippen LogP contribution in [-0.4, -0.2) is 15.8 Å². The lowest BCUT2D eigenvalue weighted by molar-refractivity contribution is -0.385. The van der Waals surface area contributed by atoms with Crippen molar-refractivity contribution in [2.24, 2.45) is 0 Å². The SMILES string of the molecule is Nc1ncc([N+](=O)[O-])cc1C(=O)NCc1ccc(Cl)c(Cl)c1. The number of nitrogens with two attached hydrogens (primary N) is 1. The van der Waals surface area contributed by atoms with Crippen LogP contribution in [0.15, 0.2) is 30.5 Å². The lowest BCUT2D eigenvalue weighted by atomic mass is 10.2.